The first-order chi connectivity index (χ1) is 7.41. The van der Waals surface area contributed by atoms with Crippen molar-refractivity contribution in [1.82, 2.24) is 4.90 Å². The van der Waals surface area contributed by atoms with Crippen molar-refractivity contribution in [3.8, 4) is 0 Å². The van der Waals surface area contributed by atoms with Crippen LogP contribution in [0.2, 0.25) is 0 Å². The second-order valence-electron chi connectivity index (χ2n) is 4.83. The highest BCUT2D eigenvalue weighted by Gasteiger charge is 2.30. The van der Waals surface area contributed by atoms with Gasteiger partial charge in [0.15, 0.2) is 0 Å². The SMILES string of the molecule is CC(C)C(N)C(=O)N(CC(=O)O)CC1CC1. The molecule has 1 amide bonds. The molecule has 1 fully saturated rings. The van der Waals surface area contributed by atoms with Gasteiger partial charge in [-0.1, -0.05) is 13.8 Å². The van der Waals surface area contributed by atoms with Crippen LogP contribution in [0.5, 0.6) is 0 Å². The number of nitrogens with zero attached hydrogens (tertiary/aromatic N) is 1. The van der Waals surface area contributed by atoms with Gasteiger partial charge in [0.2, 0.25) is 5.91 Å². The zero-order valence-electron chi connectivity index (χ0n) is 9.85. The maximum Gasteiger partial charge on any atom is 0.323 e. The molecule has 0 heterocycles. The summed E-state index contributed by atoms with van der Waals surface area (Å²) in [7, 11) is 0. The Morgan fingerprint density at radius 3 is 2.38 bits per heavy atom. The Balaban J connectivity index is 2.58. The Morgan fingerprint density at radius 1 is 1.44 bits per heavy atom. The van der Waals surface area contributed by atoms with E-state index < -0.39 is 12.0 Å². The molecular formula is C11H20N2O3. The van der Waals surface area contributed by atoms with Gasteiger partial charge in [0, 0.05) is 6.54 Å². The summed E-state index contributed by atoms with van der Waals surface area (Å²) >= 11 is 0. The van der Waals surface area contributed by atoms with E-state index >= 15 is 0 Å². The minimum atomic E-state index is -0.982. The van der Waals surface area contributed by atoms with Crippen LogP contribution in [-0.2, 0) is 9.59 Å². The van der Waals surface area contributed by atoms with Gasteiger partial charge in [0.1, 0.15) is 6.54 Å². The molecule has 1 atom stereocenters. The molecular weight excluding hydrogens is 208 g/mol. The zero-order chi connectivity index (χ0) is 12.3. The molecule has 0 aromatic carbocycles. The molecule has 16 heavy (non-hydrogen) atoms. The van der Waals surface area contributed by atoms with Crippen LogP contribution in [0, 0.1) is 11.8 Å². The molecule has 5 nitrogen and oxygen atoms in total. The van der Waals surface area contributed by atoms with E-state index in [4.69, 9.17) is 10.8 Å². The summed E-state index contributed by atoms with van der Waals surface area (Å²) < 4.78 is 0. The Morgan fingerprint density at radius 2 is 2.00 bits per heavy atom. The predicted molar refractivity (Wildman–Crippen MR) is 59.8 cm³/mol. The summed E-state index contributed by atoms with van der Waals surface area (Å²) in [6.07, 6.45) is 2.17. The lowest BCUT2D eigenvalue weighted by Gasteiger charge is -2.25. The molecule has 1 aliphatic carbocycles. The molecule has 0 aromatic rings. The molecule has 1 saturated carbocycles. The lowest BCUT2D eigenvalue weighted by atomic mass is 10.0. The number of carbonyl (C=O) groups excluding carboxylic acids is 1. The maximum absolute atomic E-state index is 11.9. The molecule has 0 aliphatic heterocycles. The van der Waals surface area contributed by atoms with E-state index in [1.54, 1.807) is 0 Å². The molecule has 0 bridgehead atoms. The largest absolute Gasteiger partial charge is 0.480 e. The third-order valence-electron chi connectivity index (χ3n) is 2.82. The monoisotopic (exact) mass is 228 g/mol. The maximum atomic E-state index is 11.9. The molecule has 1 aliphatic rings. The Hall–Kier alpha value is -1.10. The first-order valence-electron chi connectivity index (χ1n) is 5.68. The number of rotatable bonds is 6. The predicted octanol–water partition coefficient (Wildman–Crippen LogP) is 0.293. The second-order valence-corrected chi connectivity index (χ2v) is 4.83. The Labute approximate surface area is 95.6 Å². The average molecular weight is 228 g/mol. The van der Waals surface area contributed by atoms with Gasteiger partial charge in [-0.25, -0.2) is 0 Å². The van der Waals surface area contributed by atoms with Gasteiger partial charge in [0.05, 0.1) is 6.04 Å². The topological polar surface area (TPSA) is 83.6 Å². The van der Waals surface area contributed by atoms with Crippen molar-refractivity contribution in [2.75, 3.05) is 13.1 Å². The number of carboxylic acid groups (broad SMARTS) is 1. The van der Waals surface area contributed by atoms with Gasteiger partial charge in [-0.3, -0.25) is 9.59 Å². The number of hydrogen-bond donors (Lipinski definition) is 2. The van der Waals surface area contributed by atoms with Crippen LogP contribution >= 0.6 is 0 Å². The fourth-order valence-electron chi connectivity index (χ4n) is 1.50. The van der Waals surface area contributed by atoms with Gasteiger partial charge in [-0.15, -0.1) is 0 Å². The normalized spacial score (nSPS) is 17.2. The van der Waals surface area contributed by atoms with Crippen LogP contribution in [0.1, 0.15) is 26.7 Å². The highest BCUT2D eigenvalue weighted by Crippen LogP contribution is 2.29. The standard InChI is InChI=1S/C11H20N2O3/c1-7(2)10(12)11(16)13(6-9(14)15)5-8-3-4-8/h7-8,10H,3-6,12H2,1-2H3,(H,14,15). The fraction of sp³-hybridized carbons (Fsp3) is 0.818. The third kappa shape index (κ3) is 3.81. The highest BCUT2D eigenvalue weighted by atomic mass is 16.4. The molecule has 0 aromatic heterocycles. The lowest BCUT2D eigenvalue weighted by Crippen LogP contribution is -2.48. The third-order valence-corrected chi connectivity index (χ3v) is 2.82. The van der Waals surface area contributed by atoms with Crippen molar-refractivity contribution in [3.63, 3.8) is 0 Å². The second kappa shape index (κ2) is 5.30. The van der Waals surface area contributed by atoms with Crippen LogP contribution < -0.4 is 5.73 Å². The van der Waals surface area contributed by atoms with E-state index in [1.807, 2.05) is 13.8 Å². The lowest BCUT2D eigenvalue weighted by molar-refractivity contribution is -0.145. The number of hydrogen-bond acceptors (Lipinski definition) is 3. The van der Waals surface area contributed by atoms with Crippen molar-refractivity contribution in [2.45, 2.75) is 32.7 Å². The van der Waals surface area contributed by atoms with E-state index in [0.29, 0.717) is 12.5 Å². The first-order valence-corrected chi connectivity index (χ1v) is 5.68. The van der Waals surface area contributed by atoms with Gasteiger partial charge >= 0.3 is 5.97 Å². The van der Waals surface area contributed by atoms with Crippen molar-refractivity contribution >= 4 is 11.9 Å². The van der Waals surface area contributed by atoms with Gasteiger partial charge in [-0.2, -0.15) is 0 Å². The summed E-state index contributed by atoms with van der Waals surface area (Å²) in [5.74, 6) is -0.722. The number of carbonyl (C=O) groups is 2. The molecule has 1 unspecified atom stereocenters. The molecule has 0 radical (unpaired) electrons. The van der Waals surface area contributed by atoms with E-state index in [-0.39, 0.29) is 18.4 Å². The molecule has 3 N–H and O–H groups in total. The average Bonchev–Trinajstić information content (AvgIpc) is 2.97. The van der Waals surface area contributed by atoms with Crippen molar-refractivity contribution < 1.29 is 14.7 Å². The van der Waals surface area contributed by atoms with E-state index in [2.05, 4.69) is 0 Å². The highest BCUT2D eigenvalue weighted by molar-refractivity contribution is 5.85. The van der Waals surface area contributed by atoms with Gasteiger partial charge < -0.3 is 15.7 Å². The molecule has 5 heteroatoms. The van der Waals surface area contributed by atoms with Crippen molar-refractivity contribution in [2.24, 2.45) is 17.6 Å². The smallest absolute Gasteiger partial charge is 0.323 e. The minimum absolute atomic E-state index is 0.0306. The van der Waals surface area contributed by atoms with Crippen LogP contribution in [0.15, 0.2) is 0 Å². The van der Waals surface area contributed by atoms with Crippen molar-refractivity contribution in [1.29, 1.82) is 0 Å². The van der Waals surface area contributed by atoms with Crippen LogP contribution in [0.3, 0.4) is 0 Å². The number of amides is 1. The van der Waals surface area contributed by atoms with E-state index in [0.717, 1.165) is 12.8 Å². The minimum Gasteiger partial charge on any atom is -0.480 e. The summed E-state index contributed by atoms with van der Waals surface area (Å²) in [6.45, 7) is 4.01. The number of aliphatic carboxylic acids is 1. The molecule has 1 rings (SSSR count). The number of nitrogens with two attached hydrogens (primary N) is 1. The number of carboxylic acids is 1. The summed E-state index contributed by atoms with van der Waals surface area (Å²) in [6, 6.07) is -0.599. The summed E-state index contributed by atoms with van der Waals surface area (Å²) in [4.78, 5) is 24.0. The van der Waals surface area contributed by atoms with Gasteiger partial charge in [-0.05, 0) is 24.7 Å². The van der Waals surface area contributed by atoms with E-state index in [9.17, 15) is 9.59 Å². The molecule has 0 saturated heterocycles. The Kier molecular flexibility index (Phi) is 4.29. The van der Waals surface area contributed by atoms with Crippen LogP contribution in [-0.4, -0.2) is 41.0 Å². The van der Waals surface area contributed by atoms with Crippen molar-refractivity contribution in [3.05, 3.63) is 0 Å². The van der Waals surface area contributed by atoms with Crippen LogP contribution in [0.4, 0.5) is 0 Å². The Bertz CT molecular complexity index is 274. The first kappa shape index (κ1) is 13.0. The zero-order valence-corrected chi connectivity index (χ0v) is 9.85. The molecule has 0 spiro atoms. The van der Waals surface area contributed by atoms with Gasteiger partial charge in [0.25, 0.3) is 0 Å². The summed E-state index contributed by atoms with van der Waals surface area (Å²) in [5.41, 5.74) is 5.75. The van der Waals surface area contributed by atoms with Crippen LogP contribution in [0.25, 0.3) is 0 Å². The summed E-state index contributed by atoms with van der Waals surface area (Å²) in [5, 5.41) is 8.75. The molecule has 92 valence electrons. The quantitative estimate of drug-likeness (QED) is 0.684. The van der Waals surface area contributed by atoms with E-state index in [1.165, 1.54) is 4.90 Å². The fourth-order valence-corrected chi connectivity index (χ4v) is 1.50.